The quantitative estimate of drug-likeness (QED) is 0.853. The lowest BCUT2D eigenvalue weighted by atomic mass is 9.72. The van der Waals surface area contributed by atoms with Crippen molar-refractivity contribution in [2.24, 2.45) is 11.8 Å². The van der Waals surface area contributed by atoms with E-state index in [9.17, 15) is 0 Å². The Balaban J connectivity index is 2.27. The highest BCUT2D eigenvalue weighted by molar-refractivity contribution is 5.44. The van der Waals surface area contributed by atoms with E-state index in [0.29, 0.717) is 12.0 Å². The summed E-state index contributed by atoms with van der Waals surface area (Å²) in [6.45, 7) is 2.32. The van der Waals surface area contributed by atoms with Crippen molar-refractivity contribution in [1.29, 1.82) is 0 Å². The summed E-state index contributed by atoms with van der Waals surface area (Å²) in [5.41, 5.74) is 1.31. The van der Waals surface area contributed by atoms with E-state index in [1.807, 2.05) is 6.07 Å². The normalized spacial score (nSPS) is 23.6. The molecule has 1 fully saturated rings. The van der Waals surface area contributed by atoms with E-state index < -0.39 is 0 Å². The van der Waals surface area contributed by atoms with E-state index in [2.05, 4.69) is 31.4 Å². The predicted octanol–water partition coefficient (Wildman–Crippen LogP) is 4.18. The van der Waals surface area contributed by atoms with Crippen LogP contribution in [0.3, 0.4) is 0 Å². The van der Waals surface area contributed by atoms with E-state index in [4.69, 9.17) is 9.47 Å². The smallest absolute Gasteiger partial charge is 0.161 e. The Bertz CT molecular complexity index is 447. The average Bonchev–Trinajstić information content (AvgIpc) is 2.55. The van der Waals surface area contributed by atoms with Crippen LogP contribution in [0.15, 0.2) is 18.2 Å². The van der Waals surface area contributed by atoms with Crippen LogP contribution in [0.1, 0.15) is 50.6 Å². The minimum atomic E-state index is 0.398. The molecule has 0 saturated heterocycles. The fourth-order valence-corrected chi connectivity index (χ4v) is 3.86. The molecule has 0 amide bonds. The van der Waals surface area contributed by atoms with Gasteiger partial charge in [0.25, 0.3) is 0 Å². The second-order valence-electron chi connectivity index (χ2n) is 6.00. The van der Waals surface area contributed by atoms with E-state index in [0.717, 1.165) is 17.4 Å². The molecule has 21 heavy (non-hydrogen) atoms. The average molecular weight is 291 g/mol. The van der Waals surface area contributed by atoms with E-state index in [1.165, 1.54) is 37.7 Å². The van der Waals surface area contributed by atoms with Crippen LogP contribution in [0.4, 0.5) is 0 Å². The van der Waals surface area contributed by atoms with Crippen LogP contribution in [0, 0.1) is 11.8 Å². The van der Waals surface area contributed by atoms with Gasteiger partial charge in [-0.1, -0.05) is 38.7 Å². The summed E-state index contributed by atoms with van der Waals surface area (Å²) >= 11 is 0. The van der Waals surface area contributed by atoms with Crippen molar-refractivity contribution in [3.63, 3.8) is 0 Å². The second-order valence-corrected chi connectivity index (χ2v) is 6.00. The molecule has 1 aliphatic rings. The van der Waals surface area contributed by atoms with Crippen molar-refractivity contribution >= 4 is 0 Å². The number of hydrogen-bond donors (Lipinski definition) is 1. The van der Waals surface area contributed by atoms with E-state index in [1.54, 1.807) is 14.2 Å². The Kier molecular flexibility index (Phi) is 5.92. The zero-order valence-corrected chi connectivity index (χ0v) is 13.8. The first-order chi connectivity index (χ1) is 10.2. The number of hydrogen-bond acceptors (Lipinski definition) is 3. The Morgan fingerprint density at radius 2 is 1.86 bits per heavy atom. The molecule has 1 N–H and O–H groups in total. The molecule has 0 heterocycles. The van der Waals surface area contributed by atoms with Crippen LogP contribution in [-0.2, 0) is 0 Å². The third-order valence-electron chi connectivity index (χ3n) is 5.00. The Hall–Kier alpha value is -1.22. The van der Waals surface area contributed by atoms with E-state index >= 15 is 0 Å². The third kappa shape index (κ3) is 3.52. The van der Waals surface area contributed by atoms with Crippen LogP contribution >= 0.6 is 0 Å². The lowest BCUT2D eigenvalue weighted by Crippen LogP contribution is -2.32. The molecule has 0 radical (unpaired) electrons. The maximum atomic E-state index is 5.46. The summed E-state index contributed by atoms with van der Waals surface area (Å²) in [4.78, 5) is 0. The molecule has 0 spiro atoms. The molecule has 3 heteroatoms. The summed E-state index contributed by atoms with van der Waals surface area (Å²) in [6, 6.07) is 6.71. The lowest BCUT2D eigenvalue weighted by Gasteiger charge is -2.37. The summed E-state index contributed by atoms with van der Waals surface area (Å²) in [6.07, 6.45) is 6.70. The van der Waals surface area contributed by atoms with Crippen molar-refractivity contribution in [3.8, 4) is 11.5 Å². The molecule has 0 bridgehead atoms. The largest absolute Gasteiger partial charge is 0.493 e. The maximum absolute atomic E-state index is 5.46. The number of nitrogens with one attached hydrogen (secondary N) is 1. The number of rotatable bonds is 6. The van der Waals surface area contributed by atoms with Gasteiger partial charge in [0.05, 0.1) is 14.2 Å². The minimum Gasteiger partial charge on any atom is -0.493 e. The van der Waals surface area contributed by atoms with Crippen molar-refractivity contribution < 1.29 is 9.47 Å². The fourth-order valence-electron chi connectivity index (χ4n) is 3.86. The summed E-state index contributed by atoms with van der Waals surface area (Å²) in [5.74, 6) is 3.15. The van der Waals surface area contributed by atoms with Gasteiger partial charge in [0.2, 0.25) is 0 Å². The fraction of sp³-hybridized carbons (Fsp3) is 0.667. The first-order valence-corrected chi connectivity index (χ1v) is 8.14. The molecule has 1 aromatic carbocycles. The van der Waals surface area contributed by atoms with Gasteiger partial charge in [0.15, 0.2) is 11.5 Å². The van der Waals surface area contributed by atoms with E-state index in [-0.39, 0.29) is 0 Å². The Labute approximate surface area is 129 Å². The van der Waals surface area contributed by atoms with Gasteiger partial charge >= 0.3 is 0 Å². The summed E-state index contributed by atoms with van der Waals surface area (Å²) in [7, 11) is 5.45. The van der Waals surface area contributed by atoms with Crippen LogP contribution in [0.5, 0.6) is 11.5 Å². The molecular weight excluding hydrogens is 262 g/mol. The van der Waals surface area contributed by atoms with Crippen molar-refractivity contribution in [3.05, 3.63) is 23.8 Å². The molecule has 0 aliphatic heterocycles. The second kappa shape index (κ2) is 7.69. The third-order valence-corrected chi connectivity index (χ3v) is 5.00. The summed E-state index contributed by atoms with van der Waals surface area (Å²) in [5, 5.41) is 3.54. The zero-order valence-electron chi connectivity index (χ0n) is 13.8. The van der Waals surface area contributed by atoms with Gasteiger partial charge in [-0.15, -0.1) is 0 Å². The standard InChI is InChI=1S/C18H29NO2/c1-5-13-8-6-7-9-15(13)18(19-2)14-10-11-16(20-3)17(12-14)21-4/h10-13,15,18-19H,5-9H2,1-4H3. The molecule has 1 aromatic rings. The molecular formula is C18H29NO2. The molecule has 2 rings (SSSR count). The number of methoxy groups -OCH3 is 2. The number of benzene rings is 1. The van der Waals surface area contributed by atoms with Gasteiger partial charge < -0.3 is 14.8 Å². The van der Waals surface area contributed by atoms with Gasteiger partial charge in [0.1, 0.15) is 0 Å². The molecule has 3 atom stereocenters. The lowest BCUT2D eigenvalue weighted by molar-refractivity contribution is 0.180. The van der Waals surface area contributed by atoms with Crippen LogP contribution in [-0.4, -0.2) is 21.3 Å². The van der Waals surface area contributed by atoms with Gasteiger partial charge in [-0.3, -0.25) is 0 Å². The highest BCUT2D eigenvalue weighted by atomic mass is 16.5. The molecule has 1 saturated carbocycles. The van der Waals surface area contributed by atoms with Crippen LogP contribution in [0.25, 0.3) is 0 Å². The van der Waals surface area contributed by atoms with Crippen molar-refractivity contribution in [2.75, 3.05) is 21.3 Å². The molecule has 3 nitrogen and oxygen atoms in total. The highest BCUT2D eigenvalue weighted by Crippen LogP contribution is 2.41. The predicted molar refractivity (Wildman–Crippen MR) is 87.1 cm³/mol. The number of ether oxygens (including phenoxy) is 2. The van der Waals surface area contributed by atoms with Crippen LogP contribution < -0.4 is 14.8 Å². The highest BCUT2D eigenvalue weighted by Gasteiger charge is 2.31. The van der Waals surface area contributed by atoms with Gasteiger partial charge in [0, 0.05) is 6.04 Å². The van der Waals surface area contributed by atoms with Crippen molar-refractivity contribution in [2.45, 2.75) is 45.1 Å². The Morgan fingerprint density at radius 3 is 2.48 bits per heavy atom. The van der Waals surface area contributed by atoms with Gasteiger partial charge in [-0.05, 0) is 43.0 Å². The monoisotopic (exact) mass is 291 g/mol. The van der Waals surface area contributed by atoms with Gasteiger partial charge in [-0.25, -0.2) is 0 Å². The maximum Gasteiger partial charge on any atom is 0.161 e. The van der Waals surface area contributed by atoms with Gasteiger partial charge in [-0.2, -0.15) is 0 Å². The topological polar surface area (TPSA) is 30.5 Å². The van der Waals surface area contributed by atoms with Crippen LogP contribution in [0.2, 0.25) is 0 Å². The first kappa shape index (κ1) is 16.2. The molecule has 1 aliphatic carbocycles. The zero-order chi connectivity index (χ0) is 15.2. The Morgan fingerprint density at radius 1 is 1.14 bits per heavy atom. The summed E-state index contributed by atoms with van der Waals surface area (Å²) < 4.78 is 10.8. The van der Waals surface area contributed by atoms with Crippen molar-refractivity contribution in [1.82, 2.24) is 5.32 Å². The molecule has 3 unspecified atom stereocenters. The SMILES string of the molecule is CCC1CCCCC1C(NC)c1ccc(OC)c(OC)c1. The molecule has 118 valence electrons. The molecule has 0 aromatic heterocycles. The first-order valence-electron chi connectivity index (χ1n) is 8.14. The minimum absolute atomic E-state index is 0.398.